The van der Waals surface area contributed by atoms with Gasteiger partial charge in [-0.3, -0.25) is 4.79 Å². The maximum atomic E-state index is 13.2. The number of nitrogens with one attached hydrogen (secondary N) is 1. The molecule has 1 atom stereocenters. The number of halogens is 1. The number of nitrogens with two attached hydrogens (primary N) is 1. The molecule has 0 bridgehead atoms. The van der Waals surface area contributed by atoms with Crippen LogP contribution < -0.4 is 11.2 Å². The molecule has 0 aliphatic rings. The smallest absolute Gasteiger partial charge is 0.237 e. The number of rotatable bonds is 7. The summed E-state index contributed by atoms with van der Waals surface area (Å²) in [5, 5.41) is 11.3. The Kier molecular flexibility index (Phi) is 6.36. The summed E-state index contributed by atoms with van der Waals surface area (Å²) in [5.74, 6) is 6.10. The van der Waals surface area contributed by atoms with E-state index in [4.69, 9.17) is 5.84 Å². The highest BCUT2D eigenvalue weighted by Gasteiger charge is 2.20. The van der Waals surface area contributed by atoms with Gasteiger partial charge in [0.25, 0.3) is 0 Å². The van der Waals surface area contributed by atoms with Gasteiger partial charge in [0.15, 0.2) is 0 Å². The molecule has 3 N–H and O–H groups in total. The Labute approximate surface area is 164 Å². The van der Waals surface area contributed by atoms with Gasteiger partial charge in [-0.05, 0) is 30.7 Å². The number of hydrogen-bond donors (Lipinski definition) is 2. The van der Waals surface area contributed by atoms with Crippen molar-refractivity contribution in [3.05, 3.63) is 66.0 Å². The van der Waals surface area contributed by atoms with Crippen molar-refractivity contribution in [3.63, 3.8) is 0 Å². The summed E-state index contributed by atoms with van der Waals surface area (Å²) in [6.07, 6.45) is 0. The van der Waals surface area contributed by atoms with Crippen molar-refractivity contribution in [2.45, 2.75) is 28.2 Å². The number of aromatic nitrogens is 3. The van der Waals surface area contributed by atoms with Gasteiger partial charge in [-0.15, -0.1) is 10.2 Å². The van der Waals surface area contributed by atoms with Crippen molar-refractivity contribution in [1.29, 1.82) is 0 Å². The van der Waals surface area contributed by atoms with Gasteiger partial charge < -0.3 is 11.2 Å². The average molecular weight is 404 g/mol. The lowest BCUT2D eigenvalue weighted by molar-refractivity contribution is -0.115. The van der Waals surface area contributed by atoms with Crippen LogP contribution in [0.2, 0.25) is 0 Å². The highest BCUT2D eigenvalue weighted by Crippen LogP contribution is 2.26. The number of nitrogens with zero attached hydrogens (tertiary/aromatic N) is 3. The number of carbonyl (C=O) groups excluding carboxylic acids is 1. The monoisotopic (exact) mass is 403 g/mol. The highest BCUT2D eigenvalue weighted by molar-refractivity contribution is 8.00. The van der Waals surface area contributed by atoms with E-state index in [1.807, 2.05) is 30.3 Å². The van der Waals surface area contributed by atoms with Crippen LogP contribution in [0.15, 0.2) is 64.9 Å². The van der Waals surface area contributed by atoms with Gasteiger partial charge in [0.2, 0.25) is 16.2 Å². The van der Waals surface area contributed by atoms with E-state index in [-0.39, 0.29) is 5.91 Å². The molecule has 0 radical (unpaired) electrons. The molecule has 140 valence electrons. The van der Waals surface area contributed by atoms with Crippen molar-refractivity contribution in [1.82, 2.24) is 14.9 Å². The van der Waals surface area contributed by atoms with Gasteiger partial charge in [0.1, 0.15) is 5.82 Å². The Bertz CT molecular complexity index is 919. The molecule has 9 heteroatoms. The van der Waals surface area contributed by atoms with Crippen LogP contribution in [0.5, 0.6) is 0 Å². The van der Waals surface area contributed by atoms with Crippen LogP contribution in [0, 0.1) is 5.82 Å². The Morgan fingerprint density at radius 3 is 2.67 bits per heavy atom. The van der Waals surface area contributed by atoms with Crippen molar-refractivity contribution < 1.29 is 9.18 Å². The summed E-state index contributed by atoms with van der Waals surface area (Å²) < 4.78 is 14.6. The van der Waals surface area contributed by atoms with Crippen LogP contribution in [0.25, 0.3) is 0 Å². The number of anilines is 1. The summed E-state index contributed by atoms with van der Waals surface area (Å²) in [6, 6.07) is 15.7. The maximum Gasteiger partial charge on any atom is 0.237 e. The summed E-state index contributed by atoms with van der Waals surface area (Å²) >= 11 is 2.66. The largest absolute Gasteiger partial charge is 0.335 e. The first kappa shape index (κ1) is 19.2. The molecule has 1 amide bonds. The lowest BCUT2D eigenvalue weighted by atomic mass is 10.2. The number of nitrogen functional groups attached to an aromatic ring is 1. The first-order valence-corrected chi connectivity index (χ1v) is 10.00. The van der Waals surface area contributed by atoms with E-state index in [1.165, 1.54) is 46.4 Å². The Morgan fingerprint density at radius 1 is 1.19 bits per heavy atom. The molecule has 3 rings (SSSR count). The Hall–Kier alpha value is -2.52. The fourth-order valence-electron chi connectivity index (χ4n) is 2.19. The lowest BCUT2D eigenvalue weighted by Crippen LogP contribution is -2.23. The van der Waals surface area contributed by atoms with Gasteiger partial charge in [-0.1, -0.05) is 59.9 Å². The fourth-order valence-corrected chi connectivity index (χ4v) is 3.83. The molecule has 0 spiro atoms. The Morgan fingerprint density at radius 2 is 1.93 bits per heavy atom. The number of hydrogen-bond acceptors (Lipinski definition) is 6. The SMILES string of the molecule is C[C@@H](Sc1nnc(SCc2ccccc2)n1N)C(=O)Nc1cccc(F)c1. The molecule has 2 aromatic carbocycles. The van der Waals surface area contributed by atoms with E-state index >= 15 is 0 Å². The van der Waals surface area contributed by atoms with Crippen LogP contribution >= 0.6 is 23.5 Å². The zero-order chi connectivity index (χ0) is 19.2. The fraction of sp³-hybridized carbons (Fsp3) is 0.167. The van der Waals surface area contributed by atoms with E-state index in [1.54, 1.807) is 13.0 Å². The van der Waals surface area contributed by atoms with Gasteiger partial charge in [0, 0.05) is 11.4 Å². The van der Waals surface area contributed by atoms with Gasteiger partial charge >= 0.3 is 0 Å². The standard InChI is InChI=1S/C18H18FN5OS2/c1-12(16(25)21-15-9-5-8-14(19)10-15)27-18-23-22-17(24(18)20)26-11-13-6-3-2-4-7-13/h2-10,12H,11,20H2,1H3,(H,21,25)/t12-/m1/s1. The number of benzene rings is 2. The van der Waals surface area contributed by atoms with Gasteiger partial charge in [0.05, 0.1) is 5.25 Å². The van der Waals surface area contributed by atoms with Gasteiger partial charge in [-0.25, -0.2) is 9.07 Å². The van der Waals surface area contributed by atoms with Gasteiger partial charge in [-0.2, -0.15) is 0 Å². The summed E-state index contributed by atoms with van der Waals surface area (Å²) in [5.41, 5.74) is 1.56. The second-order valence-electron chi connectivity index (χ2n) is 5.67. The number of carbonyl (C=O) groups is 1. The molecule has 1 heterocycles. The first-order valence-electron chi connectivity index (χ1n) is 8.13. The van der Waals surface area contributed by atoms with Crippen molar-refractivity contribution in [2.24, 2.45) is 0 Å². The summed E-state index contributed by atoms with van der Waals surface area (Å²) in [7, 11) is 0. The number of amides is 1. The summed E-state index contributed by atoms with van der Waals surface area (Å²) in [6.45, 7) is 1.73. The normalized spacial score (nSPS) is 11.9. The molecule has 6 nitrogen and oxygen atoms in total. The third kappa shape index (κ3) is 5.24. The highest BCUT2D eigenvalue weighted by atomic mass is 32.2. The van der Waals surface area contributed by atoms with E-state index in [9.17, 15) is 9.18 Å². The predicted molar refractivity (Wildman–Crippen MR) is 107 cm³/mol. The van der Waals surface area contributed by atoms with Crippen molar-refractivity contribution in [2.75, 3.05) is 11.2 Å². The van der Waals surface area contributed by atoms with E-state index in [0.29, 0.717) is 16.0 Å². The van der Waals surface area contributed by atoms with E-state index in [0.717, 1.165) is 11.3 Å². The van der Waals surface area contributed by atoms with Crippen LogP contribution in [0.4, 0.5) is 10.1 Å². The zero-order valence-electron chi connectivity index (χ0n) is 14.5. The van der Waals surface area contributed by atoms with Crippen LogP contribution in [0.3, 0.4) is 0 Å². The lowest BCUT2D eigenvalue weighted by Gasteiger charge is -2.11. The topological polar surface area (TPSA) is 85.8 Å². The molecule has 27 heavy (non-hydrogen) atoms. The van der Waals surface area contributed by atoms with E-state index < -0.39 is 11.1 Å². The molecule has 0 unspecified atom stereocenters. The second kappa shape index (κ2) is 8.92. The molecule has 3 aromatic rings. The Balaban J connectivity index is 1.58. The molecular weight excluding hydrogens is 385 g/mol. The second-order valence-corrected chi connectivity index (χ2v) is 7.92. The molecule has 1 aromatic heterocycles. The maximum absolute atomic E-state index is 13.2. The molecule has 0 aliphatic carbocycles. The predicted octanol–water partition coefficient (Wildman–Crippen LogP) is 3.54. The quantitative estimate of drug-likeness (QED) is 0.464. The summed E-state index contributed by atoms with van der Waals surface area (Å²) in [4.78, 5) is 12.3. The number of thioether (sulfide) groups is 2. The minimum absolute atomic E-state index is 0.271. The van der Waals surface area contributed by atoms with Crippen LogP contribution in [-0.2, 0) is 10.5 Å². The average Bonchev–Trinajstić information content (AvgIpc) is 3.00. The molecule has 0 fully saturated rings. The molecular formula is C18H18FN5OS2. The first-order chi connectivity index (χ1) is 13.0. The minimum Gasteiger partial charge on any atom is -0.335 e. The van der Waals surface area contributed by atoms with E-state index in [2.05, 4.69) is 15.5 Å². The molecule has 0 saturated heterocycles. The third-order valence-corrected chi connectivity index (χ3v) is 5.66. The zero-order valence-corrected chi connectivity index (χ0v) is 16.1. The minimum atomic E-state index is -0.480. The molecule has 0 saturated carbocycles. The van der Waals surface area contributed by atoms with Crippen molar-refractivity contribution >= 4 is 35.1 Å². The third-order valence-electron chi connectivity index (χ3n) is 3.59. The molecule has 0 aliphatic heterocycles. The van der Waals surface area contributed by atoms with Crippen LogP contribution in [0.1, 0.15) is 12.5 Å². The van der Waals surface area contributed by atoms with Crippen molar-refractivity contribution in [3.8, 4) is 0 Å². The van der Waals surface area contributed by atoms with Crippen LogP contribution in [-0.4, -0.2) is 26.0 Å².